The second-order valence-corrected chi connectivity index (χ2v) is 5.60. The molecule has 1 saturated heterocycles. The Hall–Kier alpha value is -1.32. The van der Waals surface area contributed by atoms with Crippen LogP contribution in [0, 0.1) is 5.92 Å². The Kier molecular flexibility index (Phi) is 5.00. The Morgan fingerprint density at radius 3 is 2.42 bits per heavy atom. The van der Waals surface area contributed by atoms with Crippen LogP contribution in [-0.4, -0.2) is 34.5 Å². The number of carbonyl (C=O) groups is 2. The molecule has 0 aromatic heterocycles. The predicted molar refractivity (Wildman–Crippen MR) is 72.7 cm³/mol. The predicted octanol–water partition coefficient (Wildman–Crippen LogP) is 2.59. The molecule has 1 N–H and O–H groups in total. The van der Waals surface area contributed by atoms with E-state index in [9.17, 15) is 9.59 Å². The van der Waals surface area contributed by atoms with Gasteiger partial charge in [-0.05, 0) is 44.9 Å². The maximum absolute atomic E-state index is 12.6. The third kappa shape index (κ3) is 3.82. The van der Waals surface area contributed by atoms with Gasteiger partial charge in [0.2, 0.25) is 5.91 Å². The zero-order valence-electron chi connectivity index (χ0n) is 11.4. The lowest BCUT2D eigenvalue weighted by Gasteiger charge is -2.37. The number of carbonyl (C=O) groups excluding carboxylic acids is 1. The van der Waals surface area contributed by atoms with Crippen molar-refractivity contribution >= 4 is 11.9 Å². The molecule has 0 saturated carbocycles. The number of likely N-dealkylation sites (tertiary alicyclic amines) is 1. The van der Waals surface area contributed by atoms with E-state index in [-0.39, 0.29) is 24.3 Å². The first-order valence-corrected chi connectivity index (χ1v) is 7.35. The van der Waals surface area contributed by atoms with E-state index in [0.29, 0.717) is 0 Å². The first-order valence-electron chi connectivity index (χ1n) is 7.35. The number of carboxylic acids is 1. The van der Waals surface area contributed by atoms with Crippen LogP contribution >= 0.6 is 0 Å². The van der Waals surface area contributed by atoms with E-state index >= 15 is 0 Å². The molecular formula is C15H23NO3. The minimum Gasteiger partial charge on any atom is -0.481 e. The van der Waals surface area contributed by atoms with Gasteiger partial charge in [0.05, 0.1) is 6.42 Å². The van der Waals surface area contributed by atoms with Crippen LogP contribution in [0.2, 0.25) is 0 Å². The quantitative estimate of drug-likeness (QED) is 0.798. The molecule has 0 radical (unpaired) electrons. The highest BCUT2D eigenvalue weighted by atomic mass is 16.4. The molecule has 1 amide bonds. The molecule has 0 bridgehead atoms. The first kappa shape index (κ1) is 14.1. The molecule has 0 aromatic rings. The number of rotatable bonds is 3. The summed E-state index contributed by atoms with van der Waals surface area (Å²) in [7, 11) is 0. The van der Waals surface area contributed by atoms with Crippen molar-refractivity contribution in [2.75, 3.05) is 6.54 Å². The summed E-state index contributed by atoms with van der Waals surface area (Å²) >= 11 is 0. The maximum Gasteiger partial charge on any atom is 0.305 e. The molecule has 1 aliphatic heterocycles. The first-order chi connectivity index (χ1) is 9.18. The van der Waals surface area contributed by atoms with Gasteiger partial charge in [0.25, 0.3) is 0 Å². The Morgan fingerprint density at radius 2 is 1.79 bits per heavy atom. The molecule has 1 atom stereocenters. The average Bonchev–Trinajstić information content (AvgIpc) is 2.67. The van der Waals surface area contributed by atoms with Gasteiger partial charge in [0, 0.05) is 18.5 Å². The summed E-state index contributed by atoms with van der Waals surface area (Å²) in [5, 5.41) is 8.97. The van der Waals surface area contributed by atoms with Crippen LogP contribution in [0.4, 0.5) is 0 Å². The second kappa shape index (κ2) is 6.73. The largest absolute Gasteiger partial charge is 0.481 e. The van der Waals surface area contributed by atoms with Gasteiger partial charge in [0.15, 0.2) is 0 Å². The monoisotopic (exact) mass is 265 g/mol. The van der Waals surface area contributed by atoms with Crippen molar-refractivity contribution in [2.45, 2.75) is 57.4 Å². The second-order valence-electron chi connectivity index (χ2n) is 5.60. The summed E-state index contributed by atoms with van der Waals surface area (Å²) in [5.74, 6) is -0.522. The van der Waals surface area contributed by atoms with Crippen molar-refractivity contribution in [1.82, 2.24) is 4.90 Å². The van der Waals surface area contributed by atoms with E-state index in [4.69, 9.17) is 5.11 Å². The minimum absolute atomic E-state index is 0.0874. The third-order valence-electron chi connectivity index (χ3n) is 4.20. The van der Waals surface area contributed by atoms with Crippen molar-refractivity contribution < 1.29 is 14.7 Å². The average molecular weight is 265 g/mol. The lowest BCUT2D eigenvalue weighted by Crippen LogP contribution is -2.47. The van der Waals surface area contributed by atoms with E-state index in [1.165, 1.54) is 0 Å². The van der Waals surface area contributed by atoms with Crippen LogP contribution in [0.15, 0.2) is 12.2 Å². The summed E-state index contributed by atoms with van der Waals surface area (Å²) in [6.45, 7) is 0.737. The van der Waals surface area contributed by atoms with E-state index in [1.807, 2.05) is 4.90 Å². The summed E-state index contributed by atoms with van der Waals surface area (Å²) in [5.41, 5.74) is 0. The van der Waals surface area contributed by atoms with Crippen molar-refractivity contribution in [2.24, 2.45) is 5.92 Å². The number of hydrogen-bond acceptors (Lipinski definition) is 2. The van der Waals surface area contributed by atoms with E-state index in [1.54, 1.807) is 0 Å². The summed E-state index contributed by atoms with van der Waals surface area (Å²) in [6, 6.07) is -0.0880. The minimum atomic E-state index is -0.799. The molecule has 19 heavy (non-hydrogen) atoms. The Balaban J connectivity index is 1.99. The van der Waals surface area contributed by atoms with Gasteiger partial charge >= 0.3 is 5.97 Å². The maximum atomic E-state index is 12.6. The van der Waals surface area contributed by atoms with Crippen LogP contribution in [0.3, 0.4) is 0 Å². The third-order valence-corrected chi connectivity index (χ3v) is 4.20. The Bertz CT molecular complexity index is 354. The highest BCUT2D eigenvalue weighted by Gasteiger charge is 2.32. The number of allylic oxidation sites excluding steroid dienone is 2. The zero-order valence-corrected chi connectivity index (χ0v) is 11.4. The Morgan fingerprint density at radius 1 is 1.11 bits per heavy atom. The molecule has 106 valence electrons. The molecule has 0 aromatic carbocycles. The van der Waals surface area contributed by atoms with E-state index < -0.39 is 5.97 Å². The van der Waals surface area contributed by atoms with Crippen molar-refractivity contribution in [3.05, 3.63) is 12.2 Å². The van der Waals surface area contributed by atoms with Crippen LogP contribution in [0.5, 0.6) is 0 Å². The topological polar surface area (TPSA) is 57.6 Å². The fourth-order valence-corrected chi connectivity index (χ4v) is 3.16. The van der Waals surface area contributed by atoms with Crippen LogP contribution in [0.1, 0.15) is 51.4 Å². The molecule has 0 spiro atoms. The SMILES string of the molecule is O=C(O)CC1CCCCN1C(=O)C1CCC=CCC1. The molecule has 4 heteroatoms. The smallest absolute Gasteiger partial charge is 0.305 e. The molecule has 2 aliphatic rings. The molecule has 1 heterocycles. The normalized spacial score (nSPS) is 25.1. The van der Waals surface area contributed by atoms with Gasteiger partial charge < -0.3 is 10.0 Å². The summed E-state index contributed by atoms with van der Waals surface area (Å²) in [4.78, 5) is 25.4. The van der Waals surface area contributed by atoms with E-state index in [2.05, 4.69) is 12.2 Å². The molecule has 2 rings (SSSR count). The fourth-order valence-electron chi connectivity index (χ4n) is 3.16. The number of hydrogen-bond donors (Lipinski definition) is 1. The van der Waals surface area contributed by atoms with Gasteiger partial charge in [-0.25, -0.2) is 0 Å². The van der Waals surface area contributed by atoms with Gasteiger partial charge in [-0.2, -0.15) is 0 Å². The van der Waals surface area contributed by atoms with Gasteiger partial charge in [-0.3, -0.25) is 9.59 Å². The summed E-state index contributed by atoms with van der Waals surface area (Å²) in [6.07, 6.45) is 11.0. The number of carboxylic acid groups (broad SMARTS) is 1. The van der Waals surface area contributed by atoms with E-state index in [0.717, 1.165) is 51.5 Å². The van der Waals surface area contributed by atoms with Crippen molar-refractivity contribution in [1.29, 1.82) is 0 Å². The highest BCUT2D eigenvalue weighted by Crippen LogP contribution is 2.26. The summed E-state index contributed by atoms with van der Waals surface area (Å²) < 4.78 is 0. The highest BCUT2D eigenvalue weighted by molar-refractivity contribution is 5.80. The fraction of sp³-hybridized carbons (Fsp3) is 0.733. The molecule has 1 fully saturated rings. The van der Waals surface area contributed by atoms with Crippen molar-refractivity contribution in [3.8, 4) is 0 Å². The zero-order chi connectivity index (χ0) is 13.7. The number of amides is 1. The lowest BCUT2D eigenvalue weighted by atomic mass is 9.93. The van der Waals surface area contributed by atoms with Gasteiger partial charge in [-0.1, -0.05) is 12.2 Å². The molecular weight excluding hydrogens is 242 g/mol. The lowest BCUT2D eigenvalue weighted by molar-refractivity contribution is -0.144. The number of nitrogens with zero attached hydrogens (tertiary/aromatic N) is 1. The standard InChI is InChI=1S/C15H23NO3/c17-14(18)11-13-9-5-6-10-16(13)15(19)12-7-3-1-2-4-8-12/h1-2,12-13H,3-11H2,(H,17,18). The van der Waals surface area contributed by atoms with Crippen LogP contribution in [-0.2, 0) is 9.59 Å². The van der Waals surface area contributed by atoms with Crippen molar-refractivity contribution in [3.63, 3.8) is 0 Å². The number of piperidine rings is 1. The van der Waals surface area contributed by atoms with Gasteiger partial charge in [-0.15, -0.1) is 0 Å². The number of aliphatic carboxylic acids is 1. The molecule has 1 unspecified atom stereocenters. The van der Waals surface area contributed by atoms with Crippen LogP contribution < -0.4 is 0 Å². The molecule has 1 aliphatic carbocycles. The Labute approximate surface area is 114 Å². The molecule has 4 nitrogen and oxygen atoms in total. The van der Waals surface area contributed by atoms with Crippen LogP contribution in [0.25, 0.3) is 0 Å². The van der Waals surface area contributed by atoms with Gasteiger partial charge in [0.1, 0.15) is 0 Å².